The van der Waals surface area contributed by atoms with E-state index in [4.69, 9.17) is 9.84 Å². The van der Waals surface area contributed by atoms with Crippen LogP contribution in [0.4, 0.5) is 0 Å². The van der Waals surface area contributed by atoms with E-state index in [1.807, 2.05) is 0 Å². The number of ether oxygens (including phenoxy) is 1. The van der Waals surface area contributed by atoms with E-state index < -0.39 is 0 Å². The first-order valence-corrected chi connectivity index (χ1v) is 6.12. The summed E-state index contributed by atoms with van der Waals surface area (Å²) >= 11 is 2.37. The Labute approximate surface area is 87.8 Å². The van der Waals surface area contributed by atoms with Crippen LogP contribution < -0.4 is 0 Å². The van der Waals surface area contributed by atoms with Crippen molar-refractivity contribution in [1.29, 1.82) is 0 Å². The maximum Gasteiger partial charge on any atom is 0.0669 e. The summed E-state index contributed by atoms with van der Waals surface area (Å²) in [7, 11) is 0. The smallest absolute Gasteiger partial charge is 0.0669 e. The molecule has 0 radical (unpaired) electrons. The van der Waals surface area contributed by atoms with Gasteiger partial charge in [0.25, 0.3) is 0 Å². The zero-order valence-corrected chi connectivity index (χ0v) is 9.66. The predicted octanol–water partition coefficient (Wildman–Crippen LogP) is 1.99. The van der Waals surface area contributed by atoms with E-state index >= 15 is 0 Å². The predicted molar refractivity (Wildman–Crippen MR) is 57.6 cm³/mol. The van der Waals surface area contributed by atoms with Crippen molar-refractivity contribution in [2.45, 2.75) is 38.4 Å². The Morgan fingerprint density at radius 2 is 2.33 bits per heavy atom. The highest BCUT2D eigenvalue weighted by atomic mass is 127. The van der Waals surface area contributed by atoms with Gasteiger partial charge in [-0.25, -0.2) is 0 Å². The molecule has 0 amide bonds. The topological polar surface area (TPSA) is 29.5 Å². The number of aliphatic hydroxyl groups excluding tert-OH is 1. The van der Waals surface area contributed by atoms with Gasteiger partial charge in [-0.05, 0) is 25.2 Å². The van der Waals surface area contributed by atoms with Crippen LogP contribution in [0, 0.1) is 5.92 Å². The molecule has 0 bridgehead atoms. The van der Waals surface area contributed by atoms with Gasteiger partial charge in [-0.1, -0.05) is 29.5 Å². The molecular weight excluding hydrogens is 267 g/mol. The van der Waals surface area contributed by atoms with Gasteiger partial charge in [0.1, 0.15) is 0 Å². The molecule has 1 N–H and O–H groups in total. The van der Waals surface area contributed by atoms with Crippen LogP contribution in [0.5, 0.6) is 0 Å². The van der Waals surface area contributed by atoms with Crippen LogP contribution in [-0.4, -0.2) is 28.3 Å². The molecule has 1 fully saturated rings. The van der Waals surface area contributed by atoms with E-state index in [-0.39, 0.29) is 6.61 Å². The van der Waals surface area contributed by atoms with Crippen molar-refractivity contribution in [3.05, 3.63) is 0 Å². The van der Waals surface area contributed by atoms with Gasteiger partial charge in [0.15, 0.2) is 0 Å². The summed E-state index contributed by atoms with van der Waals surface area (Å²) in [6, 6.07) is 0. The van der Waals surface area contributed by atoms with Crippen molar-refractivity contribution in [3.8, 4) is 0 Å². The molecule has 0 saturated carbocycles. The van der Waals surface area contributed by atoms with E-state index in [1.54, 1.807) is 0 Å². The molecule has 0 aromatic rings. The maximum absolute atomic E-state index is 8.76. The zero-order chi connectivity index (χ0) is 8.97. The lowest BCUT2D eigenvalue weighted by molar-refractivity contribution is 0.0207. The summed E-state index contributed by atoms with van der Waals surface area (Å²) in [6.07, 6.45) is 4.12. The zero-order valence-electron chi connectivity index (χ0n) is 7.50. The van der Waals surface area contributed by atoms with Crippen molar-refractivity contribution in [2.24, 2.45) is 5.92 Å². The first-order valence-electron chi connectivity index (χ1n) is 4.60. The van der Waals surface area contributed by atoms with Gasteiger partial charge < -0.3 is 9.84 Å². The highest BCUT2D eigenvalue weighted by Gasteiger charge is 2.27. The van der Waals surface area contributed by atoms with Gasteiger partial charge in [-0.15, -0.1) is 0 Å². The first-order chi connectivity index (χ1) is 5.77. The molecule has 1 saturated heterocycles. The average molecular weight is 284 g/mol. The Balaban J connectivity index is 2.25. The van der Waals surface area contributed by atoms with Crippen LogP contribution >= 0.6 is 22.6 Å². The lowest BCUT2D eigenvalue weighted by Gasteiger charge is -2.18. The van der Waals surface area contributed by atoms with Gasteiger partial charge in [-0.2, -0.15) is 0 Å². The van der Waals surface area contributed by atoms with Crippen molar-refractivity contribution < 1.29 is 9.84 Å². The van der Waals surface area contributed by atoms with Crippen LogP contribution in [0.25, 0.3) is 0 Å². The normalized spacial score (nSPS) is 32.2. The monoisotopic (exact) mass is 284 g/mol. The SMILES string of the molecule is C[C@@H](CCO)[C@@H]1CC[C@@H](CI)O1. The Bertz CT molecular complexity index is 130. The summed E-state index contributed by atoms with van der Waals surface area (Å²) in [4.78, 5) is 0. The van der Waals surface area contributed by atoms with Crippen LogP contribution in [0.15, 0.2) is 0 Å². The Kier molecular flexibility index (Phi) is 4.82. The van der Waals surface area contributed by atoms with Crippen LogP contribution in [0.1, 0.15) is 26.2 Å². The van der Waals surface area contributed by atoms with Gasteiger partial charge in [0.05, 0.1) is 12.2 Å². The van der Waals surface area contributed by atoms with Crippen molar-refractivity contribution >= 4 is 22.6 Å². The van der Waals surface area contributed by atoms with E-state index in [2.05, 4.69) is 29.5 Å². The third-order valence-electron chi connectivity index (χ3n) is 2.53. The second-order valence-corrected chi connectivity index (χ2v) is 4.40. The van der Waals surface area contributed by atoms with Crippen molar-refractivity contribution in [2.75, 3.05) is 11.0 Å². The molecule has 0 aromatic carbocycles. The number of halogens is 1. The van der Waals surface area contributed by atoms with Crippen LogP contribution in [0.2, 0.25) is 0 Å². The first kappa shape index (κ1) is 10.7. The van der Waals surface area contributed by atoms with Gasteiger partial charge in [0, 0.05) is 11.0 Å². The number of aliphatic hydroxyl groups is 1. The number of alkyl halides is 1. The molecule has 0 unspecified atom stereocenters. The second-order valence-electron chi connectivity index (χ2n) is 3.52. The van der Waals surface area contributed by atoms with Gasteiger partial charge in [0.2, 0.25) is 0 Å². The highest BCUT2D eigenvalue weighted by molar-refractivity contribution is 14.1. The fourth-order valence-corrected chi connectivity index (χ4v) is 2.30. The largest absolute Gasteiger partial charge is 0.396 e. The van der Waals surface area contributed by atoms with E-state index in [0.717, 1.165) is 10.8 Å². The van der Waals surface area contributed by atoms with Gasteiger partial charge >= 0.3 is 0 Å². The summed E-state index contributed by atoms with van der Waals surface area (Å²) in [5.41, 5.74) is 0. The third kappa shape index (κ3) is 2.85. The minimum atomic E-state index is 0.288. The minimum absolute atomic E-state index is 0.288. The summed E-state index contributed by atoms with van der Waals surface area (Å²) in [5.74, 6) is 0.517. The van der Waals surface area contributed by atoms with Crippen molar-refractivity contribution in [3.63, 3.8) is 0 Å². The molecular formula is C9H17IO2. The van der Waals surface area contributed by atoms with Gasteiger partial charge in [-0.3, -0.25) is 0 Å². The molecule has 3 atom stereocenters. The number of hydrogen-bond donors (Lipinski definition) is 1. The van der Waals surface area contributed by atoms with Crippen LogP contribution in [0.3, 0.4) is 0 Å². The highest BCUT2D eigenvalue weighted by Crippen LogP contribution is 2.27. The van der Waals surface area contributed by atoms with Crippen molar-refractivity contribution in [1.82, 2.24) is 0 Å². The number of hydrogen-bond acceptors (Lipinski definition) is 2. The quantitative estimate of drug-likeness (QED) is 0.632. The molecule has 0 aromatic heterocycles. The molecule has 72 valence electrons. The third-order valence-corrected chi connectivity index (χ3v) is 3.51. The molecule has 0 spiro atoms. The lowest BCUT2D eigenvalue weighted by Crippen LogP contribution is -2.20. The average Bonchev–Trinajstić information content (AvgIpc) is 2.52. The summed E-state index contributed by atoms with van der Waals surface area (Å²) in [6.45, 7) is 2.45. The van der Waals surface area contributed by atoms with Crippen LogP contribution in [-0.2, 0) is 4.74 Å². The van der Waals surface area contributed by atoms with E-state index in [9.17, 15) is 0 Å². The molecule has 1 aliphatic heterocycles. The lowest BCUT2D eigenvalue weighted by atomic mass is 9.99. The molecule has 1 heterocycles. The Hall–Kier alpha value is 0.650. The molecule has 12 heavy (non-hydrogen) atoms. The fraction of sp³-hybridized carbons (Fsp3) is 1.00. The summed E-state index contributed by atoms with van der Waals surface area (Å²) < 4.78 is 6.90. The molecule has 1 aliphatic rings. The molecule has 3 heteroatoms. The fourth-order valence-electron chi connectivity index (χ4n) is 1.66. The minimum Gasteiger partial charge on any atom is -0.396 e. The standard InChI is InChI=1S/C9H17IO2/c1-7(4-5-11)9-3-2-8(6-10)12-9/h7-9,11H,2-6H2,1H3/t7-,8-,9-/m0/s1. The Morgan fingerprint density at radius 3 is 2.83 bits per heavy atom. The molecule has 0 aliphatic carbocycles. The molecule has 2 nitrogen and oxygen atoms in total. The maximum atomic E-state index is 8.76. The molecule has 1 rings (SSSR count). The number of rotatable bonds is 4. The van der Waals surface area contributed by atoms with E-state index in [0.29, 0.717) is 18.1 Å². The second kappa shape index (κ2) is 5.40. The summed E-state index contributed by atoms with van der Waals surface area (Å²) in [5, 5.41) is 8.76. The van der Waals surface area contributed by atoms with E-state index in [1.165, 1.54) is 12.8 Å². The Morgan fingerprint density at radius 1 is 1.58 bits per heavy atom.